The molecule has 30 heavy (non-hydrogen) atoms. The second kappa shape index (κ2) is 8.75. The molecule has 0 saturated carbocycles. The first-order valence-corrected chi connectivity index (χ1v) is 10.2. The van der Waals surface area contributed by atoms with Crippen molar-refractivity contribution >= 4 is 23.2 Å². The largest absolute Gasteiger partial charge is 0.496 e. The summed E-state index contributed by atoms with van der Waals surface area (Å²) in [5.74, 6) is 1.93. The first kappa shape index (κ1) is 20.2. The molecule has 0 N–H and O–H groups in total. The lowest BCUT2D eigenvalue weighted by atomic mass is 10.1. The van der Waals surface area contributed by atoms with Gasteiger partial charge in [-0.1, -0.05) is 11.6 Å². The molecule has 0 aliphatic carbocycles. The third kappa shape index (κ3) is 4.26. The highest BCUT2D eigenvalue weighted by atomic mass is 35.5. The second-order valence-electron chi connectivity index (χ2n) is 7.12. The maximum Gasteiger partial charge on any atom is 0.272 e. The van der Waals surface area contributed by atoms with Gasteiger partial charge in [0.15, 0.2) is 11.7 Å². The predicted octanol–water partition coefficient (Wildman–Crippen LogP) is 4.06. The third-order valence-corrected chi connectivity index (χ3v) is 5.40. The maximum absolute atomic E-state index is 12.8. The fourth-order valence-corrected chi connectivity index (χ4v) is 3.79. The Kier molecular flexibility index (Phi) is 5.90. The number of aromatic nitrogens is 2. The minimum absolute atomic E-state index is 0.0898. The van der Waals surface area contributed by atoms with Gasteiger partial charge in [-0.15, -0.1) is 0 Å². The third-order valence-electron chi connectivity index (χ3n) is 5.16. The lowest BCUT2D eigenvalue weighted by molar-refractivity contribution is 0.0761. The summed E-state index contributed by atoms with van der Waals surface area (Å²) in [6.45, 7) is 4.66. The van der Waals surface area contributed by atoms with Crippen LogP contribution in [0.25, 0.3) is 11.3 Å². The highest BCUT2D eigenvalue weighted by Crippen LogP contribution is 2.34. The van der Waals surface area contributed by atoms with Crippen molar-refractivity contribution in [2.75, 3.05) is 38.2 Å². The molecule has 1 amide bonds. The molecule has 0 radical (unpaired) electrons. The molecule has 1 fully saturated rings. The molecule has 0 bridgehead atoms. The monoisotopic (exact) mass is 426 g/mol. The number of nitrogens with zero attached hydrogens (tertiary/aromatic N) is 4. The van der Waals surface area contributed by atoms with E-state index in [-0.39, 0.29) is 5.91 Å². The van der Waals surface area contributed by atoms with E-state index in [0.29, 0.717) is 35.5 Å². The molecule has 1 aromatic carbocycles. The van der Waals surface area contributed by atoms with E-state index >= 15 is 0 Å². The van der Waals surface area contributed by atoms with Crippen LogP contribution in [0.5, 0.6) is 5.75 Å². The normalized spacial score (nSPS) is 14.5. The number of carbonyl (C=O) groups is 1. The Bertz CT molecular complexity index is 1050. The molecular weight excluding hydrogens is 404 g/mol. The number of amides is 1. The highest BCUT2D eigenvalue weighted by molar-refractivity contribution is 6.30. The van der Waals surface area contributed by atoms with Crippen molar-refractivity contribution in [3.63, 3.8) is 0 Å². The molecule has 7 nitrogen and oxygen atoms in total. The van der Waals surface area contributed by atoms with E-state index in [9.17, 15) is 4.79 Å². The minimum atomic E-state index is -0.0898. The number of halogens is 1. The van der Waals surface area contributed by atoms with Crippen molar-refractivity contribution in [1.29, 1.82) is 0 Å². The van der Waals surface area contributed by atoms with E-state index in [1.807, 2.05) is 30.0 Å². The van der Waals surface area contributed by atoms with Gasteiger partial charge in [-0.3, -0.25) is 9.78 Å². The molecular formula is C22H23ClN4O3. The number of carbonyl (C=O) groups excluding carboxylic acids is 1. The Labute approximate surface area is 180 Å². The second-order valence-corrected chi connectivity index (χ2v) is 7.56. The van der Waals surface area contributed by atoms with Crippen LogP contribution in [0.2, 0.25) is 5.02 Å². The first-order valence-electron chi connectivity index (χ1n) is 9.82. The number of pyridine rings is 1. The summed E-state index contributed by atoms with van der Waals surface area (Å²) in [6, 6.07) is 9.31. The van der Waals surface area contributed by atoms with Crippen LogP contribution < -0.4 is 9.64 Å². The number of benzene rings is 1. The van der Waals surface area contributed by atoms with Crippen molar-refractivity contribution in [3.05, 3.63) is 59.3 Å². The van der Waals surface area contributed by atoms with Crippen LogP contribution in [0.4, 0.5) is 5.69 Å². The van der Waals surface area contributed by atoms with Gasteiger partial charge in [0.05, 0.1) is 18.9 Å². The van der Waals surface area contributed by atoms with Crippen LogP contribution in [-0.2, 0) is 0 Å². The molecule has 1 aliphatic heterocycles. The SMILES string of the molecule is COc1cc(N2CCCN(C(=O)c3cc(Cl)ccn3)CC2)ccc1-c1cnc(C)o1. The van der Waals surface area contributed by atoms with Crippen molar-refractivity contribution in [1.82, 2.24) is 14.9 Å². The summed E-state index contributed by atoms with van der Waals surface area (Å²) in [5.41, 5.74) is 2.28. The van der Waals surface area contributed by atoms with Gasteiger partial charge in [0, 0.05) is 56.1 Å². The van der Waals surface area contributed by atoms with E-state index < -0.39 is 0 Å². The van der Waals surface area contributed by atoms with E-state index in [2.05, 4.69) is 14.9 Å². The van der Waals surface area contributed by atoms with E-state index in [4.69, 9.17) is 20.8 Å². The summed E-state index contributed by atoms with van der Waals surface area (Å²) in [5, 5.41) is 0.513. The van der Waals surface area contributed by atoms with Crippen LogP contribution in [0, 0.1) is 6.92 Å². The number of aryl methyl sites for hydroxylation is 1. The first-order chi connectivity index (χ1) is 14.5. The van der Waals surface area contributed by atoms with Crippen LogP contribution >= 0.6 is 11.6 Å². The zero-order chi connectivity index (χ0) is 21.1. The number of hydrogen-bond donors (Lipinski definition) is 0. The fourth-order valence-electron chi connectivity index (χ4n) is 3.63. The molecule has 0 unspecified atom stereocenters. The average molecular weight is 427 g/mol. The van der Waals surface area contributed by atoms with Gasteiger partial charge in [0.1, 0.15) is 11.4 Å². The van der Waals surface area contributed by atoms with Gasteiger partial charge in [-0.2, -0.15) is 0 Å². The predicted molar refractivity (Wildman–Crippen MR) is 115 cm³/mol. The van der Waals surface area contributed by atoms with Crippen molar-refractivity contribution in [2.24, 2.45) is 0 Å². The van der Waals surface area contributed by atoms with E-state index in [1.54, 1.807) is 31.6 Å². The Hall–Kier alpha value is -3.06. The number of methoxy groups -OCH3 is 1. The topological polar surface area (TPSA) is 71.7 Å². The summed E-state index contributed by atoms with van der Waals surface area (Å²) in [6.07, 6.45) is 4.12. The number of ether oxygens (including phenoxy) is 1. The molecule has 4 rings (SSSR count). The molecule has 3 heterocycles. The number of oxazole rings is 1. The van der Waals surface area contributed by atoms with Gasteiger partial charge >= 0.3 is 0 Å². The standard InChI is InChI=1S/C22H23ClN4O3/c1-15-25-14-21(30-15)18-5-4-17(13-20(18)29-2)26-8-3-9-27(11-10-26)22(28)19-12-16(23)6-7-24-19/h4-7,12-14H,3,8-11H2,1-2H3. The Morgan fingerprint density at radius 2 is 2.00 bits per heavy atom. The van der Waals surface area contributed by atoms with Crippen LogP contribution in [0.15, 0.2) is 47.1 Å². The molecule has 0 spiro atoms. The minimum Gasteiger partial charge on any atom is -0.496 e. The molecule has 0 atom stereocenters. The van der Waals surface area contributed by atoms with E-state index in [0.717, 1.165) is 36.5 Å². The Balaban J connectivity index is 1.50. The Morgan fingerprint density at radius 1 is 1.13 bits per heavy atom. The number of anilines is 1. The molecule has 1 aliphatic rings. The lowest BCUT2D eigenvalue weighted by Gasteiger charge is -2.24. The van der Waals surface area contributed by atoms with Crippen LogP contribution in [0.1, 0.15) is 22.8 Å². The van der Waals surface area contributed by atoms with Crippen molar-refractivity contribution in [3.8, 4) is 17.1 Å². The molecule has 8 heteroatoms. The molecule has 1 saturated heterocycles. The summed E-state index contributed by atoms with van der Waals surface area (Å²) >= 11 is 6.01. The fraction of sp³-hybridized carbons (Fsp3) is 0.318. The lowest BCUT2D eigenvalue weighted by Crippen LogP contribution is -2.35. The number of rotatable bonds is 4. The zero-order valence-corrected chi connectivity index (χ0v) is 17.7. The van der Waals surface area contributed by atoms with Gasteiger partial charge in [0.25, 0.3) is 5.91 Å². The van der Waals surface area contributed by atoms with Gasteiger partial charge in [0.2, 0.25) is 0 Å². The van der Waals surface area contributed by atoms with Crippen LogP contribution in [-0.4, -0.2) is 54.1 Å². The maximum atomic E-state index is 12.8. The smallest absolute Gasteiger partial charge is 0.272 e. The Morgan fingerprint density at radius 3 is 2.73 bits per heavy atom. The average Bonchev–Trinajstić information content (AvgIpc) is 3.04. The van der Waals surface area contributed by atoms with Crippen molar-refractivity contribution in [2.45, 2.75) is 13.3 Å². The van der Waals surface area contributed by atoms with Gasteiger partial charge < -0.3 is 19.0 Å². The van der Waals surface area contributed by atoms with Gasteiger partial charge in [-0.25, -0.2) is 4.98 Å². The van der Waals surface area contributed by atoms with Gasteiger partial charge in [-0.05, 0) is 30.7 Å². The zero-order valence-electron chi connectivity index (χ0n) is 17.0. The summed E-state index contributed by atoms with van der Waals surface area (Å²) < 4.78 is 11.2. The van der Waals surface area contributed by atoms with Crippen LogP contribution in [0.3, 0.4) is 0 Å². The highest BCUT2D eigenvalue weighted by Gasteiger charge is 2.22. The van der Waals surface area contributed by atoms with Crippen molar-refractivity contribution < 1.29 is 13.9 Å². The molecule has 156 valence electrons. The van der Waals surface area contributed by atoms with E-state index in [1.165, 1.54) is 0 Å². The summed E-state index contributed by atoms with van der Waals surface area (Å²) in [7, 11) is 1.65. The quantitative estimate of drug-likeness (QED) is 0.626. The molecule has 3 aromatic rings. The molecule has 2 aromatic heterocycles. The number of hydrogen-bond acceptors (Lipinski definition) is 6. The summed E-state index contributed by atoms with van der Waals surface area (Å²) in [4.78, 5) is 25.2.